The lowest BCUT2D eigenvalue weighted by atomic mass is 10.0. The fourth-order valence-electron chi connectivity index (χ4n) is 1.34. The number of aromatic carboxylic acids is 1. The van der Waals surface area contributed by atoms with Crippen LogP contribution in [0.5, 0.6) is 0 Å². The first-order valence-corrected chi connectivity index (χ1v) is 4.15. The molecule has 1 N–H and O–H groups in total. The van der Waals surface area contributed by atoms with E-state index < -0.39 is 5.97 Å². The standard InChI is InChI=1S/C10H13NO2/c1-6-7(2)9(10(12)13)5-11(4)8(6)3/h5H,1-4H3/p+1. The van der Waals surface area contributed by atoms with E-state index in [4.69, 9.17) is 5.11 Å². The topological polar surface area (TPSA) is 41.2 Å². The van der Waals surface area contributed by atoms with Gasteiger partial charge >= 0.3 is 5.97 Å². The van der Waals surface area contributed by atoms with Crippen molar-refractivity contribution < 1.29 is 14.5 Å². The number of carboxylic acids is 1. The lowest BCUT2D eigenvalue weighted by Gasteiger charge is -2.05. The second kappa shape index (κ2) is 3.17. The van der Waals surface area contributed by atoms with E-state index in [1.165, 1.54) is 0 Å². The minimum absolute atomic E-state index is 0.380. The van der Waals surface area contributed by atoms with Gasteiger partial charge in [0.25, 0.3) is 0 Å². The maximum Gasteiger partial charge on any atom is 0.342 e. The minimum atomic E-state index is -0.865. The van der Waals surface area contributed by atoms with Gasteiger partial charge in [0.1, 0.15) is 12.6 Å². The number of rotatable bonds is 1. The molecule has 1 rings (SSSR count). The molecule has 0 spiro atoms. The van der Waals surface area contributed by atoms with E-state index in [0.29, 0.717) is 5.56 Å². The average Bonchev–Trinajstić information content (AvgIpc) is 2.07. The van der Waals surface area contributed by atoms with E-state index in [2.05, 4.69) is 0 Å². The summed E-state index contributed by atoms with van der Waals surface area (Å²) in [5.41, 5.74) is 3.37. The largest absolute Gasteiger partial charge is 0.477 e. The summed E-state index contributed by atoms with van der Waals surface area (Å²) >= 11 is 0. The first-order valence-electron chi connectivity index (χ1n) is 4.15. The van der Waals surface area contributed by atoms with E-state index in [0.717, 1.165) is 16.8 Å². The third-order valence-corrected chi connectivity index (χ3v) is 2.59. The minimum Gasteiger partial charge on any atom is -0.477 e. The fourth-order valence-corrected chi connectivity index (χ4v) is 1.34. The van der Waals surface area contributed by atoms with Crippen LogP contribution < -0.4 is 4.57 Å². The fraction of sp³-hybridized carbons (Fsp3) is 0.400. The zero-order chi connectivity index (χ0) is 10.2. The van der Waals surface area contributed by atoms with Gasteiger partial charge in [-0.2, -0.15) is 0 Å². The van der Waals surface area contributed by atoms with Gasteiger partial charge in [-0.3, -0.25) is 0 Å². The lowest BCUT2D eigenvalue weighted by molar-refractivity contribution is -0.678. The van der Waals surface area contributed by atoms with Crippen LogP contribution in [0, 0.1) is 20.8 Å². The highest BCUT2D eigenvalue weighted by Crippen LogP contribution is 2.12. The van der Waals surface area contributed by atoms with Gasteiger partial charge in [-0.25, -0.2) is 9.36 Å². The first kappa shape index (κ1) is 9.71. The highest BCUT2D eigenvalue weighted by Gasteiger charge is 2.17. The summed E-state index contributed by atoms with van der Waals surface area (Å²) in [5, 5.41) is 8.89. The molecule has 1 aromatic rings. The van der Waals surface area contributed by atoms with E-state index in [-0.39, 0.29) is 0 Å². The molecule has 1 heterocycles. The summed E-state index contributed by atoms with van der Waals surface area (Å²) in [7, 11) is 1.86. The van der Waals surface area contributed by atoms with Crippen LogP contribution >= 0.6 is 0 Å². The Hall–Kier alpha value is -1.38. The Labute approximate surface area is 77.6 Å². The molecule has 0 atom stereocenters. The predicted molar refractivity (Wildman–Crippen MR) is 48.8 cm³/mol. The molecule has 0 amide bonds. The van der Waals surface area contributed by atoms with Gasteiger partial charge in [0.05, 0.1) is 0 Å². The number of pyridine rings is 1. The van der Waals surface area contributed by atoms with Crippen LogP contribution in [0.15, 0.2) is 6.20 Å². The van der Waals surface area contributed by atoms with Crippen LogP contribution in [0.2, 0.25) is 0 Å². The van der Waals surface area contributed by atoms with E-state index in [1.54, 1.807) is 6.20 Å². The molecular formula is C10H14NO2+. The molecule has 0 saturated heterocycles. The number of aromatic nitrogens is 1. The normalized spacial score (nSPS) is 10.2. The molecule has 0 aliphatic heterocycles. The van der Waals surface area contributed by atoms with Gasteiger partial charge in [-0.15, -0.1) is 0 Å². The Bertz CT molecular complexity index is 370. The molecule has 1 aromatic heterocycles. The van der Waals surface area contributed by atoms with Crippen LogP contribution in [0.25, 0.3) is 0 Å². The van der Waals surface area contributed by atoms with Crippen molar-refractivity contribution in [2.45, 2.75) is 20.8 Å². The van der Waals surface area contributed by atoms with Crippen LogP contribution in [-0.4, -0.2) is 11.1 Å². The summed E-state index contributed by atoms with van der Waals surface area (Å²) in [4.78, 5) is 10.8. The SMILES string of the molecule is Cc1c(C(=O)O)c[n+](C)c(C)c1C. The molecule has 13 heavy (non-hydrogen) atoms. The molecule has 0 bridgehead atoms. The number of aryl methyl sites for hydroxylation is 1. The van der Waals surface area contributed by atoms with E-state index >= 15 is 0 Å². The molecule has 0 unspecified atom stereocenters. The number of hydrogen-bond donors (Lipinski definition) is 1. The summed E-state index contributed by atoms with van der Waals surface area (Å²) in [6.07, 6.45) is 1.65. The number of nitrogens with zero attached hydrogens (tertiary/aromatic N) is 1. The third kappa shape index (κ3) is 1.54. The lowest BCUT2D eigenvalue weighted by Crippen LogP contribution is -2.34. The van der Waals surface area contributed by atoms with Crippen molar-refractivity contribution in [1.29, 1.82) is 0 Å². The Morgan fingerprint density at radius 2 is 1.85 bits per heavy atom. The summed E-state index contributed by atoms with van der Waals surface area (Å²) in [6.45, 7) is 5.76. The molecule has 0 radical (unpaired) electrons. The van der Waals surface area contributed by atoms with Crippen LogP contribution in [-0.2, 0) is 7.05 Å². The van der Waals surface area contributed by atoms with Crippen molar-refractivity contribution in [2.24, 2.45) is 7.05 Å². The average molecular weight is 180 g/mol. The van der Waals surface area contributed by atoms with Crippen LogP contribution in [0.3, 0.4) is 0 Å². The zero-order valence-electron chi connectivity index (χ0n) is 8.38. The second-order valence-electron chi connectivity index (χ2n) is 3.29. The van der Waals surface area contributed by atoms with Gasteiger partial charge in [0, 0.05) is 12.5 Å². The van der Waals surface area contributed by atoms with Crippen LogP contribution in [0.4, 0.5) is 0 Å². The molecule has 70 valence electrons. The number of carbonyl (C=O) groups is 1. The molecule has 0 aliphatic rings. The smallest absolute Gasteiger partial charge is 0.342 e. The van der Waals surface area contributed by atoms with Crippen molar-refractivity contribution >= 4 is 5.97 Å². The Kier molecular flexibility index (Phi) is 2.36. The second-order valence-corrected chi connectivity index (χ2v) is 3.29. The predicted octanol–water partition coefficient (Wildman–Crippen LogP) is 1.13. The van der Waals surface area contributed by atoms with Crippen LogP contribution in [0.1, 0.15) is 27.2 Å². The van der Waals surface area contributed by atoms with Gasteiger partial charge in [0.2, 0.25) is 0 Å². The molecule has 3 nitrogen and oxygen atoms in total. The van der Waals surface area contributed by atoms with Crippen molar-refractivity contribution in [3.8, 4) is 0 Å². The van der Waals surface area contributed by atoms with Gasteiger partial charge in [-0.1, -0.05) is 0 Å². The maximum atomic E-state index is 10.8. The van der Waals surface area contributed by atoms with Crippen molar-refractivity contribution in [3.63, 3.8) is 0 Å². The Morgan fingerprint density at radius 3 is 2.31 bits per heavy atom. The quantitative estimate of drug-likeness (QED) is 0.658. The molecule has 0 aliphatic carbocycles. The third-order valence-electron chi connectivity index (χ3n) is 2.59. The van der Waals surface area contributed by atoms with E-state index in [1.807, 2.05) is 32.4 Å². The highest BCUT2D eigenvalue weighted by atomic mass is 16.4. The molecule has 0 aromatic carbocycles. The van der Waals surface area contributed by atoms with Gasteiger partial charge in [0.15, 0.2) is 11.9 Å². The maximum absolute atomic E-state index is 10.8. The molecule has 3 heteroatoms. The molecule has 0 saturated carbocycles. The zero-order valence-corrected chi connectivity index (χ0v) is 8.38. The van der Waals surface area contributed by atoms with Crippen molar-refractivity contribution in [3.05, 3.63) is 28.6 Å². The monoisotopic (exact) mass is 180 g/mol. The van der Waals surface area contributed by atoms with Gasteiger partial charge in [-0.05, 0) is 19.4 Å². The number of carboxylic acid groups (broad SMARTS) is 1. The summed E-state index contributed by atoms with van der Waals surface area (Å²) in [6, 6.07) is 0. The molecule has 0 fully saturated rings. The summed E-state index contributed by atoms with van der Waals surface area (Å²) in [5.74, 6) is -0.865. The Morgan fingerprint density at radius 1 is 1.31 bits per heavy atom. The Balaban J connectivity index is 3.50. The first-order chi connectivity index (χ1) is 5.95. The van der Waals surface area contributed by atoms with E-state index in [9.17, 15) is 4.79 Å². The summed E-state index contributed by atoms with van der Waals surface area (Å²) < 4.78 is 1.84. The van der Waals surface area contributed by atoms with Gasteiger partial charge < -0.3 is 5.11 Å². The van der Waals surface area contributed by atoms with Crippen molar-refractivity contribution in [2.75, 3.05) is 0 Å². The highest BCUT2D eigenvalue weighted by molar-refractivity contribution is 5.89. The molecular weight excluding hydrogens is 166 g/mol. The van der Waals surface area contributed by atoms with Crippen molar-refractivity contribution in [1.82, 2.24) is 0 Å². The number of hydrogen-bond acceptors (Lipinski definition) is 1.